The zero-order valence-corrected chi connectivity index (χ0v) is 13.0. The lowest BCUT2D eigenvalue weighted by Gasteiger charge is -2.31. The highest BCUT2D eigenvalue weighted by molar-refractivity contribution is 7.80. The van der Waals surface area contributed by atoms with E-state index in [1.54, 1.807) is 7.11 Å². The molecule has 1 aromatic rings. The van der Waals surface area contributed by atoms with Crippen LogP contribution in [-0.2, 0) is 4.79 Å². The van der Waals surface area contributed by atoms with Crippen LogP contribution in [0, 0.1) is 5.92 Å². The maximum atomic E-state index is 12.1. The van der Waals surface area contributed by atoms with Crippen LogP contribution in [0.3, 0.4) is 0 Å². The number of piperidine rings is 1. The van der Waals surface area contributed by atoms with Crippen molar-refractivity contribution in [3.05, 3.63) is 24.3 Å². The summed E-state index contributed by atoms with van der Waals surface area (Å²) in [6.45, 7) is 2.05. The normalized spacial score (nSPS) is 19.0. The number of carbonyl (C=O) groups is 1. The molecule has 1 aliphatic rings. The van der Waals surface area contributed by atoms with Gasteiger partial charge in [-0.05, 0) is 43.7 Å². The number of hydrogen-bond donors (Lipinski definition) is 2. The van der Waals surface area contributed by atoms with Gasteiger partial charge in [-0.2, -0.15) is 0 Å². The van der Waals surface area contributed by atoms with Crippen LogP contribution >= 0.6 is 12.2 Å². The van der Waals surface area contributed by atoms with E-state index in [0.717, 1.165) is 37.4 Å². The number of ether oxygens (including phenoxy) is 1. The van der Waals surface area contributed by atoms with Gasteiger partial charge in [0.2, 0.25) is 5.91 Å². The zero-order valence-electron chi connectivity index (χ0n) is 12.2. The van der Waals surface area contributed by atoms with Gasteiger partial charge in [0.25, 0.3) is 0 Å². The molecule has 2 rings (SSSR count). The van der Waals surface area contributed by atoms with Gasteiger partial charge in [0.05, 0.1) is 18.6 Å². The molecule has 0 aliphatic carbocycles. The molecule has 1 atom stereocenters. The Labute approximate surface area is 130 Å². The van der Waals surface area contributed by atoms with Crippen LogP contribution in [0.1, 0.15) is 12.8 Å². The molecular weight excluding hydrogens is 286 g/mol. The summed E-state index contributed by atoms with van der Waals surface area (Å²) in [5.41, 5.74) is 6.47. The minimum Gasteiger partial charge on any atom is -0.497 e. The van der Waals surface area contributed by atoms with Crippen molar-refractivity contribution in [3.63, 3.8) is 0 Å². The summed E-state index contributed by atoms with van der Waals surface area (Å²) in [7, 11) is 1.61. The average molecular weight is 307 g/mol. The Hall–Kier alpha value is -1.66. The van der Waals surface area contributed by atoms with Crippen molar-refractivity contribution in [2.75, 3.05) is 32.1 Å². The van der Waals surface area contributed by atoms with E-state index >= 15 is 0 Å². The lowest BCUT2D eigenvalue weighted by atomic mass is 9.98. The van der Waals surface area contributed by atoms with Gasteiger partial charge in [0.15, 0.2) is 0 Å². The summed E-state index contributed by atoms with van der Waals surface area (Å²) in [6.07, 6.45) is 2.05. The summed E-state index contributed by atoms with van der Waals surface area (Å²) in [5.74, 6) is 0.967. The fourth-order valence-electron chi connectivity index (χ4n) is 2.51. The largest absolute Gasteiger partial charge is 0.497 e. The van der Waals surface area contributed by atoms with Gasteiger partial charge in [-0.1, -0.05) is 12.2 Å². The number of thiocarbonyl (C=S) groups is 1. The van der Waals surface area contributed by atoms with Gasteiger partial charge in [0.1, 0.15) is 5.75 Å². The van der Waals surface area contributed by atoms with Gasteiger partial charge >= 0.3 is 0 Å². The topological polar surface area (TPSA) is 67.6 Å². The van der Waals surface area contributed by atoms with Crippen molar-refractivity contribution in [2.45, 2.75) is 12.8 Å². The number of nitrogens with one attached hydrogen (secondary N) is 1. The Morgan fingerprint density at radius 3 is 2.81 bits per heavy atom. The van der Waals surface area contributed by atoms with E-state index in [2.05, 4.69) is 10.2 Å². The first kappa shape index (κ1) is 15.7. The minimum atomic E-state index is -0.0243. The number of amides is 1. The summed E-state index contributed by atoms with van der Waals surface area (Å²) < 4.78 is 5.08. The summed E-state index contributed by atoms with van der Waals surface area (Å²) in [4.78, 5) is 14.7. The second-order valence-electron chi connectivity index (χ2n) is 5.25. The molecule has 1 fully saturated rings. The number of methoxy groups -OCH3 is 1. The summed E-state index contributed by atoms with van der Waals surface area (Å²) >= 11 is 5.05. The molecule has 1 heterocycles. The standard InChI is InChI=1S/C15H21N3O2S/c1-20-13-6-4-12(5-7-13)17-14(19)10-18-8-2-3-11(9-18)15(16)21/h4-7,11H,2-3,8-10H2,1H3,(H2,16,21)(H,17,19). The SMILES string of the molecule is COc1ccc(NC(=O)CN2CCCC(C(N)=S)C2)cc1. The molecule has 3 N–H and O–H groups in total. The number of carbonyl (C=O) groups excluding carboxylic acids is 1. The first-order valence-electron chi connectivity index (χ1n) is 7.04. The number of hydrogen-bond acceptors (Lipinski definition) is 4. The second kappa shape index (κ2) is 7.38. The van der Waals surface area contributed by atoms with Gasteiger partial charge < -0.3 is 15.8 Å². The van der Waals surface area contributed by atoms with Crippen molar-refractivity contribution in [3.8, 4) is 5.75 Å². The van der Waals surface area contributed by atoms with Crippen LogP contribution in [0.4, 0.5) is 5.69 Å². The van der Waals surface area contributed by atoms with E-state index in [1.165, 1.54) is 0 Å². The van der Waals surface area contributed by atoms with Crippen LogP contribution < -0.4 is 15.8 Å². The number of nitrogens with zero attached hydrogens (tertiary/aromatic N) is 1. The highest BCUT2D eigenvalue weighted by Crippen LogP contribution is 2.17. The molecule has 0 radical (unpaired) electrons. The molecule has 21 heavy (non-hydrogen) atoms. The first-order chi connectivity index (χ1) is 10.1. The predicted molar refractivity (Wildman–Crippen MR) is 87.6 cm³/mol. The number of rotatable bonds is 5. The lowest BCUT2D eigenvalue weighted by Crippen LogP contribution is -2.43. The Bertz CT molecular complexity index is 504. The van der Waals surface area contributed by atoms with Crippen molar-refractivity contribution in [2.24, 2.45) is 11.7 Å². The average Bonchev–Trinajstić information content (AvgIpc) is 2.48. The maximum absolute atomic E-state index is 12.1. The quantitative estimate of drug-likeness (QED) is 0.809. The van der Waals surface area contributed by atoms with Gasteiger partial charge in [0, 0.05) is 18.2 Å². The van der Waals surface area contributed by atoms with Crippen LogP contribution in [0.5, 0.6) is 5.75 Å². The highest BCUT2D eigenvalue weighted by Gasteiger charge is 2.23. The third-order valence-electron chi connectivity index (χ3n) is 3.65. The van der Waals surface area contributed by atoms with Gasteiger partial charge in [-0.25, -0.2) is 0 Å². The molecule has 1 saturated heterocycles. The molecule has 0 bridgehead atoms. The predicted octanol–water partition coefficient (Wildman–Crippen LogP) is 1.63. The Morgan fingerprint density at radius 1 is 1.48 bits per heavy atom. The maximum Gasteiger partial charge on any atom is 0.238 e. The fourth-order valence-corrected chi connectivity index (χ4v) is 2.70. The summed E-state index contributed by atoms with van der Waals surface area (Å²) in [5, 5.41) is 2.88. The van der Waals surface area contributed by atoms with Crippen molar-refractivity contribution < 1.29 is 9.53 Å². The van der Waals surface area contributed by atoms with Gasteiger partial charge in [-0.15, -0.1) is 0 Å². The Morgan fingerprint density at radius 2 is 2.19 bits per heavy atom. The second-order valence-corrected chi connectivity index (χ2v) is 5.72. The smallest absolute Gasteiger partial charge is 0.238 e. The molecule has 0 spiro atoms. The molecule has 114 valence electrons. The molecular formula is C15H21N3O2S. The Kier molecular flexibility index (Phi) is 5.52. The lowest BCUT2D eigenvalue weighted by molar-refractivity contribution is -0.117. The van der Waals surface area contributed by atoms with E-state index in [1.807, 2.05) is 24.3 Å². The number of anilines is 1. The van der Waals surface area contributed by atoms with E-state index < -0.39 is 0 Å². The molecule has 0 saturated carbocycles. The number of likely N-dealkylation sites (tertiary alicyclic amines) is 1. The third kappa shape index (κ3) is 4.68. The number of benzene rings is 1. The summed E-state index contributed by atoms with van der Waals surface area (Å²) in [6, 6.07) is 7.29. The first-order valence-corrected chi connectivity index (χ1v) is 7.45. The Balaban J connectivity index is 1.84. The van der Waals surface area contributed by atoms with Crippen molar-refractivity contribution in [1.29, 1.82) is 0 Å². The van der Waals surface area contributed by atoms with Crippen molar-refractivity contribution in [1.82, 2.24) is 4.90 Å². The molecule has 1 aromatic carbocycles. The van der Waals surface area contributed by atoms with Crippen LogP contribution in [0.2, 0.25) is 0 Å². The molecule has 6 heteroatoms. The van der Waals surface area contributed by atoms with Crippen LogP contribution in [0.15, 0.2) is 24.3 Å². The third-order valence-corrected chi connectivity index (χ3v) is 3.98. The highest BCUT2D eigenvalue weighted by atomic mass is 32.1. The van der Waals surface area contributed by atoms with Crippen LogP contribution in [-0.4, -0.2) is 42.5 Å². The monoisotopic (exact) mass is 307 g/mol. The number of nitrogens with two attached hydrogens (primary N) is 1. The molecule has 5 nitrogen and oxygen atoms in total. The van der Waals surface area contributed by atoms with E-state index in [-0.39, 0.29) is 11.8 Å². The fraction of sp³-hybridized carbons (Fsp3) is 0.467. The van der Waals surface area contributed by atoms with Gasteiger partial charge in [-0.3, -0.25) is 9.69 Å². The molecule has 1 amide bonds. The minimum absolute atomic E-state index is 0.0243. The molecule has 1 unspecified atom stereocenters. The van der Waals surface area contributed by atoms with E-state index in [4.69, 9.17) is 22.7 Å². The van der Waals surface area contributed by atoms with Crippen LogP contribution in [0.25, 0.3) is 0 Å². The molecule has 0 aromatic heterocycles. The van der Waals surface area contributed by atoms with E-state index in [9.17, 15) is 4.79 Å². The zero-order chi connectivity index (χ0) is 15.2. The molecule has 1 aliphatic heterocycles. The van der Waals surface area contributed by atoms with E-state index in [0.29, 0.717) is 11.5 Å². The van der Waals surface area contributed by atoms with Crippen molar-refractivity contribution >= 4 is 28.8 Å².